The molecular weight excluding hydrogens is 326 g/mol. The van der Waals surface area contributed by atoms with Crippen LogP contribution in [0.5, 0.6) is 0 Å². The molecule has 0 bridgehead atoms. The van der Waals surface area contributed by atoms with E-state index in [0.29, 0.717) is 32.7 Å². The molecule has 0 aromatic heterocycles. The third-order valence-corrected chi connectivity index (χ3v) is 4.84. The molecular formula is C21H25N3O2. The van der Waals surface area contributed by atoms with Crippen molar-refractivity contribution in [1.29, 1.82) is 0 Å². The van der Waals surface area contributed by atoms with Crippen molar-refractivity contribution < 1.29 is 9.59 Å². The first kappa shape index (κ1) is 18.1. The summed E-state index contributed by atoms with van der Waals surface area (Å²) in [4.78, 5) is 28.8. The molecule has 5 nitrogen and oxygen atoms in total. The molecule has 136 valence electrons. The fourth-order valence-electron chi connectivity index (χ4n) is 3.09. The summed E-state index contributed by atoms with van der Waals surface area (Å²) in [6.45, 7) is 7.12. The van der Waals surface area contributed by atoms with Crippen LogP contribution in [-0.4, -0.2) is 54.3 Å². The third-order valence-electron chi connectivity index (χ3n) is 4.84. The van der Waals surface area contributed by atoms with Gasteiger partial charge in [-0.2, -0.15) is 0 Å². The molecule has 0 spiro atoms. The molecule has 5 heteroatoms. The lowest BCUT2D eigenvalue weighted by Crippen LogP contribution is -2.50. The van der Waals surface area contributed by atoms with Crippen LogP contribution in [-0.2, 0) is 4.79 Å². The summed E-state index contributed by atoms with van der Waals surface area (Å²) in [6.07, 6.45) is 0. The van der Waals surface area contributed by atoms with E-state index >= 15 is 0 Å². The zero-order chi connectivity index (χ0) is 18.5. The number of carbonyl (C=O) groups excluding carboxylic acids is 2. The van der Waals surface area contributed by atoms with Crippen LogP contribution in [0, 0.1) is 13.8 Å². The number of amides is 2. The molecule has 1 aliphatic rings. The second-order valence-electron chi connectivity index (χ2n) is 6.78. The standard InChI is InChI=1S/C21H25N3O2/c1-16-8-9-18(14-17(16)2)21(26)24-12-10-23(11-13-24)15-20(25)22-19-6-4-3-5-7-19/h3-9,14H,10-13,15H2,1-2H3,(H,22,25). The minimum absolute atomic E-state index is 0.0230. The van der Waals surface area contributed by atoms with Crippen LogP contribution in [0.4, 0.5) is 5.69 Å². The Bertz CT molecular complexity index is 781. The van der Waals surface area contributed by atoms with Crippen LogP contribution < -0.4 is 5.32 Å². The summed E-state index contributed by atoms with van der Waals surface area (Å²) in [5, 5.41) is 2.90. The van der Waals surface area contributed by atoms with Gasteiger partial charge in [0.25, 0.3) is 5.91 Å². The lowest BCUT2D eigenvalue weighted by atomic mass is 10.1. The topological polar surface area (TPSA) is 52.7 Å². The van der Waals surface area contributed by atoms with E-state index in [4.69, 9.17) is 0 Å². The van der Waals surface area contributed by atoms with Gasteiger partial charge in [-0.25, -0.2) is 0 Å². The maximum absolute atomic E-state index is 12.7. The maximum Gasteiger partial charge on any atom is 0.253 e. The van der Waals surface area contributed by atoms with E-state index in [0.717, 1.165) is 16.8 Å². The van der Waals surface area contributed by atoms with E-state index in [1.54, 1.807) is 0 Å². The van der Waals surface area contributed by atoms with Gasteiger partial charge in [-0.05, 0) is 49.2 Å². The third kappa shape index (κ3) is 4.49. The predicted octanol–water partition coefficient (Wildman–Crippen LogP) is 2.70. The van der Waals surface area contributed by atoms with Crippen LogP contribution in [0.25, 0.3) is 0 Å². The van der Waals surface area contributed by atoms with E-state index in [9.17, 15) is 9.59 Å². The lowest BCUT2D eigenvalue weighted by molar-refractivity contribution is -0.117. The van der Waals surface area contributed by atoms with Crippen LogP contribution >= 0.6 is 0 Å². The number of hydrogen-bond acceptors (Lipinski definition) is 3. The molecule has 2 aromatic rings. The fraction of sp³-hybridized carbons (Fsp3) is 0.333. The van der Waals surface area contributed by atoms with Crippen molar-refractivity contribution in [3.05, 3.63) is 65.2 Å². The van der Waals surface area contributed by atoms with Gasteiger partial charge in [0.15, 0.2) is 0 Å². The molecule has 2 amide bonds. The zero-order valence-corrected chi connectivity index (χ0v) is 15.4. The number of hydrogen-bond donors (Lipinski definition) is 1. The Morgan fingerprint density at radius 1 is 0.923 bits per heavy atom. The molecule has 1 aliphatic heterocycles. The van der Waals surface area contributed by atoms with E-state index < -0.39 is 0 Å². The van der Waals surface area contributed by atoms with Crippen molar-refractivity contribution in [3.63, 3.8) is 0 Å². The fourth-order valence-corrected chi connectivity index (χ4v) is 3.09. The van der Waals surface area contributed by atoms with Crippen molar-refractivity contribution >= 4 is 17.5 Å². The lowest BCUT2D eigenvalue weighted by Gasteiger charge is -2.34. The van der Waals surface area contributed by atoms with Crippen molar-refractivity contribution in [2.75, 3.05) is 38.0 Å². The highest BCUT2D eigenvalue weighted by atomic mass is 16.2. The number of carbonyl (C=O) groups is 2. The van der Waals surface area contributed by atoms with Gasteiger partial charge < -0.3 is 10.2 Å². The number of nitrogens with one attached hydrogen (secondary N) is 1. The summed E-state index contributed by atoms with van der Waals surface area (Å²) in [5.41, 5.74) is 3.87. The molecule has 0 atom stereocenters. The highest BCUT2D eigenvalue weighted by molar-refractivity contribution is 5.94. The Morgan fingerprint density at radius 3 is 2.27 bits per heavy atom. The Balaban J connectivity index is 1.50. The average molecular weight is 351 g/mol. The molecule has 0 saturated carbocycles. The summed E-state index contributed by atoms with van der Waals surface area (Å²) in [7, 11) is 0. The molecule has 1 saturated heterocycles. The number of aryl methyl sites for hydroxylation is 2. The van der Waals surface area contributed by atoms with Crippen molar-refractivity contribution in [3.8, 4) is 0 Å². The second kappa shape index (κ2) is 8.15. The monoisotopic (exact) mass is 351 g/mol. The number of piperazine rings is 1. The molecule has 0 radical (unpaired) electrons. The Hall–Kier alpha value is -2.66. The van der Waals surface area contributed by atoms with Crippen LogP contribution in [0.3, 0.4) is 0 Å². The Morgan fingerprint density at radius 2 is 1.62 bits per heavy atom. The predicted molar refractivity (Wildman–Crippen MR) is 103 cm³/mol. The first-order valence-electron chi connectivity index (χ1n) is 8.97. The molecule has 2 aromatic carbocycles. The summed E-state index contributed by atoms with van der Waals surface area (Å²) in [6, 6.07) is 15.3. The van der Waals surface area contributed by atoms with Crippen molar-refractivity contribution in [2.45, 2.75) is 13.8 Å². The van der Waals surface area contributed by atoms with E-state index in [1.807, 2.05) is 67.3 Å². The van der Waals surface area contributed by atoms with Crippen molar-refractivity contribution in [1.82, 2.24) is 9.80 Å². The van der Waals surface area contributed by atoms with Gasteiger partial charge in [0, 0.05) is 37.4 Å². The minimum atomic E-state index is -0.0230. The van der Waals surface area contributed by atoms with E-state index in [-0.39, 0.29) is 11.8 Å². The molecule has 1 heterocycles. The van der Waals surface area contributed by atoms with Crippen LogP contribution in [0.1, 0.15) is 21.5 Å². The first-order chi connectivity index (χ1) is 12.5. The number of nitrogens with zero attached hydrogens (tertiary/aromatic N) is 2. The highest BCUT2D eigenvalue weighted by Crippen LogP contribution is 2.14. The number of benzene rings is 2. The number of para-hydroxylation sites is 1. The molecule has 26 heavy (non-hydrogen) atoms. The van der Waals surface area contributed by atoms with E-state index in [2.05, 4.69) is 10.2 Å². The van der Waals surface area contributed by atoms with Crippen LogP contribution in [0.2, 0.25) is 0 Å². The first-order valence-corrected chi connectivity index (χ1v) is 8.97. The van der Waals surface area contributed by atoms with Gasteiger partial charge in [-0.3, -0.25) is 14.5 Å². The molecule has 1 N–H and O–H groups in total. The maximum atomic E-state index is 12.7. The van der Waals surface area contributed by atoms with Gasteiger partial charge >= 0.3 is 0 Å². The Labute approximate surface area is 154 Å². The van der Waals surface area contributed by atoms with Gasteiger partial charge in [0.05, 0.1) is 6.54 Å². The molecule has 3 rings (SSSR count). The Kier molecular flexibility index (Phi) is 5.68. The van der Waals surface area contributed by atoms with Gasteiger partial charge in [-0.1, -0.05) is 24.3 Å². The smallest absolute Gasteiger partial charge is 0.253 e. The number of anilines is 1. The SMILES string of the molecule is Cc1ccc(C(=O)N2CCN(CC(=O)Nc3ccccc3)CC2)cc1C. The van der Waals surface area contributed by atoms with Crippen molar-refractivity contribution in [2.24, 2.45) is 0 Å². The summed E-state index contributed by atoms with van der Waals surface area (Å²) in [5.74, 6) is 0.0478. The minimum Gasteiger partial charge on any atom is -0.336 e. The zero-order valence-electron chi connectivity index (χ0n) is 15.4. The molecule has 1 fully saturated rings. The van der Waals surface area contributed by atoms with Gasteiger partial charge in [0.1, 0.15) is 0 Å². The second-order valence-corrected chi connectivity index (χ2v) is 6.78. The van der Waals surface area contributed by atoms with Crippen LogP contribution in [0.15, 0.2) is 48.5 Å². The molecule has 0 aliphatic carbocycles. The summed E-state index contributed by atoms with van der Waals surface area (Å²) < 4.78 is 0. The van der Waals surface area contributed by atoms with E-state index in [1.165, 1.54) is 5.56 Å². The average Bonchev–Trinajstić information content (AvgIpc) is 2.65. The van der Waals surface area contributed by atoms with Gasteiger partial charge in [-0.15, -0.1) is 0 Å². The highest BCUT2D eigenvalue weighted by Gasteiger charge is 2.23. The largest absolute Gasteiger partial charge is 0.336 e. The normalized spacial score (nSPS) is 14.9. The quantitative estimate of drug-likeness (QED) is 0.921. The molecule has 0 unspecified atom stereocenters. The number of rotatable bonds is 4. The summed E-state index contributed by atoms with van der Waals surface area (Å²) >= 11 is 0. The van der Waals surface area contributed by atoms with Gasteiger partial charge in [0.2, 0.25) is 5.91 Å².